The minimum absolute atomic E-state index is 0.339. The molecule has 4 heteroatoms. The summed E-state index contributed by atoms with van der Waals surface area (Å²) in [5.74, 6) is -0.407. The van der Waals surface area contributed by atoms with Gasteiger partial charge in [-0.3, -0.25) is 0 Å². The molecule has 0 atom stereocenters. The Balaban J connectivity index is 2.61. The summed E-state index contributed by atoms with van der Waals surface area (Å²) in [4.78, 5) is 14.6. The number of fused-ring (bicyclic) bond motifs is 1. The summed E-state index contributed by atoms with van der Waals surface area (Å²) in [6, 6.07) is 5.77. The summed E-state index contributed by atoms with van der Waals surface area (Å²) in [6.07, 6.45) is 0. The lowest BCUT2D eigenvalue weighted by Crippen LogP contribution is -2.07. The van der Waals surface area contributed by atoms with Crippen LogP contribution in [0.2, 0.25) is 0 Å². The molecule has 0 saturated carbocycles. The van der Waals surface area contributed by atoms with Gasteiger partial charge in [0.2, 0.25) is 0 Å². The number of nitrogens with two attached hydrogens (primary N) is 1. The van der Waals surface area contributed by atoms with Gasteiger partial charge in [-0.1, -0.05) is 12.1 Å². The van der Waals surface area contributed by atoms with Crippen molar-refractivity contribution in [2.45, 2.75) is 13.8 Å². The number of aryl methyl sites for hydroxylation is 1. The predicted molar refractivity (Wildman–Crippen MR) is 63.4 cm³/mol. The van der Waals surface area contributed by atoms with Crippen molar-refractivity contribution in [3.63, 3.8) is 0 Å². The molecule has 4 nitrogen and oxygen atoms in total. The fourth-order valence-electron chi connectivity index (χ4n) is 1.82. The normalized spacial score (nSPS) is 10.6. The number of ether oxygens (including phenoxy) is 1. The van der Waals surface area contributed by atoms with Crippen LogP contribution in [0.5, 0.6) is 0 Å². The molecule has 0 aliphatic heterocycles. The van der Waals surface area contributed by atoms with Crippen molar-refractivity contribution in [1.29, 1.82) is 0 Å². The summed E-state index contributed by atoms with van der Waals surface area (Å²) < 4.78 is 4.93. The van der Waals surface area contributed by atoms with Gasteiger partial charge in [0.25, 0.3) is 0 Å². The Morgan fingerprint density at radius 3 is 2.88 bits per heavy atom. The number of rotatable bonds is 2. The van der Waals surface area contributed by atoms with Crippen LogP contribution in [0.3, 0.4) is 0 Å². The van der Waals surface area contributed by atoms with Gasteiger partial charge < -0.3 is 15.5 Å². The van der Waals surface area contributed by atoms with E-state index in [0.29, 0.717) is 18.0 Å². The second kappa shape index (κ2) is 3.89. The molecule has 0 aliphatic carbocycles. The average molecular weight is 218 g/mol. The second-order valence-corrected chi connectivity index (χ2v) is 3.63. The fraction of sp³-hybridized carbons (Fsp3) is 0.250. The molecule has 0 fully saturated rings. The van der Waals surface area contributed by atoms with Gasteiger partial charge in [0.1, 0.15) is 5.69 Å². The quantitative estimate of drug-likeness (QED) is 0.759. The number of hydrogen-bond acceptors (Lipinski definition) is 3. The molecule has 1 aromatic heterocycles. The summed E-state index contributed by atoms with van der Waals surface area (Å²) in [5.41, 5.74) is 8.65. The molecule has 0 saturated heterocycles. The lowest BCUT2D eigenvalue weighted by Gasteiger charge is -2.00. The third-order valence-corrected chi connectivity index (χ3v) is 2.55. The Bertz CT molecular complexity index is 543. The molecule has 0 amide bonds. The van der Waals surface area contributed by atoms with E-state index in [1.807, 2.05) is 25.1 Å². The summed E-state index contributed by atoms with van der Waals surface area (Å²) >= 11 is 0. The monoisotopic (exact) mass is 218 g/mol. The fourth-order valence-corrected chi connectivity index (χ4v) is 1.82. The Labute approximate surface area is 93.4 Å². The van der Waals surface area contributed by atoms with E-state index in [1.165, 1.54) is 0 Å². The van der Waals surface area contributed by atoms with Crippen molar-refractivity contribution in [3.05, 3.63) is 29.5 Å². The van der Waals surface area contributed by atoms with Crippen molar-refractivity contribution in [1.82, 2.24) is 4.98 Å². The number of nitrogens with one attached hydrogen (secondary N) is 1. The van der Waals surface area contributed by atoms with Crippen LogP contribution in [0, 0.1) is 6.92 Å². The average Bonchev–Trinajstić information content (AvgIpc) is 2.58. The highest BCUT2D eigenvalue weighted by Gasteiger charge is 2.17. The Hall–Kier alpha value is -1.97. The first-order valence-electron chi connectivity index (χ1n) is 5.19. The maximum Gasteiger partial charge on any atom is 0.356 e. The number of carbonyl (C=O) groups is 1. The Morgan fingerprint density at radius 1 is 1.50 bits per heavy atom. The van der Waals surface area contributed by atoms with Gasteiger partial charge in [-0.15, -0.1) is 0 Å². The Morgan fingerprint density at radius 2 is 2.25 bits per heavy atom. The molecule has 0 spiro atoms. The van der Waals surface area contributed by atoms with Crippen molar-refractivity contribution < 1.29 is 9.53 Å². The van der Waals surface area contributed by atoms with Crippen LogP contribution in [0.15, 0.2) is 18.2 Å². The van der Waals surface area contributed by atoms with E-state index in [1.54, 1.807) is 6.92 Å². The number of nitrogen functional groups attached to an aromatic ring is 1. The van der Waals surface area contributed by atoms with Crippen LogP contribution in [0.1, 0.15) is 23.0 Å². The summed E-state index contributed by atoms with van der Waals surface area (Å²) in [6.45, 7) is 4.07. The third-order valence-electron chi connectivity index (χ3n) is 2.55. The topological polar surface area (TPSA) is 68.1 Å². The molecular weight excluding hydrogens is 204 g/mol. The maximum absolute atomic E-state index is 11.6. The largest absolute Gasteiger partial charge is 0.461 e. The van der Waals surface area contributed by atoms with E-state index in [9.17, 15) is 4.79 Å². The van der Waals surface area contributed by atoms with Crippen LogP contribution in [0.25, 0.3) is 10.9 Å². The first-order chi connectivity index (χ1) is 7.65. The third kappa shape index (κ3) is 1.52. The maximum atomic E-state index is 11.6. The number of carbonyl (C=O) groups excluding carboxylic acids is 1. The molecular formula is C12H14N2O2. The highest BCUT2D eigenvalue weighted by molar-refractivity contribution is 6.06. The molecule has 2 aromatic rings. The molecule has 84 valence electrons. The van der Waals surface area contributed by atoms with Gasteiger partial charge in [-0.2, -0.15) is 0 Å². The van der Waals surface area contributed by atoms with E-state index in [2.05, 4.69) is 4.98 Å². The number of aromatic nitrogens is 1. The zero-order valence-electron chi connectivity index (χ0n) is 9.33. The number of hydrogen-bond donors (Lipinski definition) is 2. The van der Waals surface area contributed by atoms with Gasteiger partial charge >= 0.3 is 5.97 Å². The lowest BCUT2D eigenvalue weighted by atomic mass is 10.1. The smallest absolute Gasteiger partial charge is 0.356 e. The van der Waals surface area contributed by atoms with Crippen molar-refractivity contribution in [3.8, 4) is 0 Å². The second-order valence-electron chi connectivity index (χ2n) is 3.63. The SMILES string of the molecule is CCOC(=O)c1[nH]c2cccc(C)c2c1N. The van der Waals surface area contributed by atoms with E-state index in [4.69, 9.17) is 10.5 Å². The minimum Gasteiger partial charge on any atom is -0.461 e. The number of anilines is 1. The van der Waals surface area contributed by atoms with Gasteiger partial charge in [0, 0.05) is 10.9 Å². The number of esters is 1. The molecule has 0 bridgehead atoms. The first kappa shape index (κ1) is 10.5. The summed E-state index contributed by atoms with van der Waals surface area (Å²) in [7, 11) is 0. The minimum atomic E-state index is -0.407. The standard InChI is InChI=1S/C12H14N2O2/c1-3-16-12(15)11-10(13)9-7(2)5-4-6-8(9)14-11/h4-6,14H,3,13H2,1-2H3. The molecule has 0 unspecified atom stereocenters. The van der Waals surface area contributed by atoms with Crippen molar-refractivity contribution in [2.75, 3.05) is 12.3 Å². The van der Waals surface area contributed by atoms with Crippen LogP contribution in [-0.2, 0) is 4.74 Å². The molecule has 2 rings (SSSR count). The number of aromatic amines is 1. The zero-order chi connectivity index (χ0) is 11.7. The van der Waals surface area contributed by atoms with E-state index in [-0.39, 0.29) is 0 Å². The van der Waals surface area contributed by atoms with Crippen molar-refractivity contribution in [2.24, 2.45) is 0 Å². The van der Waals surface area contributed by atoms with Gasteiger partial charge in [-0.25, -0.2) is 4.79 Å². The van der Waals surface area contributed by atoms with E-state index in [0.717, 1.165) is 16.5 Å². The van der Waals surface area contributed by atoms with Gasteiger partial charge in [0.15, 0.2) is 0 Å². The van der Waals surface area contributed by atoms with Crippen LogP contribution in [0.4, 0.5) is 5.69 Å². The highest BCUT2D eigenvalue weighted by atomic mass is 16.5. The van der Waals surface area contributed by atoms with Gasteiger partial charge in [0.05, 0.1) is 12.3 Å². The first-order valence-corrected chi connectivity index (χ1v) is 5.19. The highest BCUT2D eigenvalue weighted by Crippen LogP contribution is 2.28. The zero-order valence-corrected chi connectivity index (χ0v) is 9.33. The van der Waals surface area contributed by atoms with Crippen LogP contribution < -0.4 is 5.73 Å². The molecule has 16 heavy (non-hydrogen) atoms. The molecule has 0 aliphatic rings. The van der Waals surface area contributed by atoms with Crippen LogP contribution in [-0.4, -0.2) is 17.6 Å². The number of H-pyrrole nitrogens is 1. The molecule has 0 radical (unpaired) electrons. The van der Waals surface area contributed by atoms with Crippen molar-refractivity contribution >= 4 is 22.6 Å². The predicted octanol–water partition coefficient (Wildman–Crippen LogP) is 2.24. The lowest BCUT2D eigenvalue weighted by molar-refractivity contribution is 0.0522. The molecule has 1 aromatic carbocycles. The van der Waals surface area contributed by atoms with Crippen LogP contribution >= 0.6 is 0 Å². The van der Waals surface area contributed by atoms with E-state index < -0.39 is 5.97 Å². The molecule has 1 heterocycles. The number of benzene rings is 1. The van der Waals surface area contributed by atoms with Gasteiger partial charge in [-0.05, 0) is 25.5 Å². The van der Waals surface area contributed by atoms with E-state index >= 15 is 0 Å². The molecule has 3 N–H and O–H groups in total. The summed E-state index contributed by atoms with van der Waals surface area (Å²) in [5, 5.41) is 0.894. The Kier molecular flexibility index (Phi) is 2.56.